The van der Waals surface area contributed by atoms with E-state index in [2.05, 4.69) is 38.8 Å². The van der Waals surface area contributed by atoms with Gasteiger partial charge < -0.3 is 4.74 Å². The molecule has 0 aromatic carbocycles. The molecule has 0 fully saturated rings. The molecule has 1 aromatic heterocycles. The SMILES string of the molecule is CC(C)=CCOc1ccnc(C(C)C)c1. The molecule has 0 radical (unpaired) electrons. The van der Waals surface area contributed by atoms with Gasteiger partial charge >= 0.3 is 0 Å². The molecule has 0 saturated carbocycles. The van der Waals surface area contributed by atoms with E-state index in [1.807, 2.05) is 12.1 Å². The van der Waals surface area contributed by atoms with Crippen LogP contribution in [0.25, 0.3) is 0 Å². The van der Waals surface area contributed by atoms with Crippen LogP contribution in [-0.2, 0) is 0 Å². The number of nitrogens with zero attached hydrogens (tertiary/aromatic N) is 1. The lowest BCUT2D eigenvalue weighted by molar-refractivity contribution is 0.361. The van der Waals surface area contributed by atoms with Gasteiger partial charge in [0.1, 0.15) is 12.4 Å². The molecule has 0 N–H and O–H groups in total. The van der Waals surface area contributed by atoms with Gasteiger partial charge in [0.2, 0.25) is 0 Å². The zero-order valence-corrected chi connectivity index (χ0v) is 9.95. The summed E-state index contributed by atoms with van der Waals surface area (Å²) in [6.07, 6.45) is 3.86. The molecular weight excluding hydrogens is 186 g/mol. The van der Waals surface area contributed by atoms with Crippen LogP contribution in [-0.4, -0.2) is 11.6 Å². The lowest BCUT2D eigenvalue weighted by atomic mass is 10.1. The first-order chi connectivity index (χ1) is 7.09. The number of allylic oxidation sites excluding steroid dienone is 1. The van der Waals surface area contributed by atoms with E-state index in [0.29, 0.717) is 12.5 Å². The Morgan fingerprint density at radius 1 is 1.47 bits per heavy atom. The van der Waals surface area contributed by atoms with E-state index in [0.717, 1.165) is 11.4 Å². The van der Waals surface area contributed by atoms with Crippen LogP contribution in [0.4, 0.5) is 0 Å². The molecule has 1 aromatic rings. The van der Waals surface area contributed by atoms with Crippen LogP contribution < -0.4 is 4.74 Å². The average Bonchev–Trinajstić information content (AvgIpc) is 2.17. The minimum Gasteiger partial charge on any atom is -0.489 e. The predicted octanol–water partition coefficient (Wildman–Crippen LogP) is 3.55. The number of aromatic nitrogens is 1. The number of pyridine rings is 1. The van der Waals surface area contributed by atoms with Crippen molar-refractivity contribution >= 4 is 0 Å². The maximum absolute atomic E-state index is 5.59. The summed E-state index contributed by atoms with van der Waals surface area (Å²) >= 11 is 0. The largest absolute Gasteiger partial charge is 0.489 e. The molecule has 1 rings (SSSR count). The Morgan fingerprint density at radius 3 is 2.80 bits per heavy atom. The fraction of sp³-hybridized carbons (Fsp3) is 0.462. The highest BCUT2D eigenvalue weighted by Gasteiger charge is 2.01. The Kier molecular flexibility index (Phi) is 4.35. The Hall–Kier alpha value is -1.31. The lowest BCUT2D eigenvalue weighted by Gasteiger charge is -2.07. The van der Waals surface area contributed by atoms with Crippen molar-refractivity contribution in [2.75, 3.05) is 6.61 Å². The van der Waals surface area contributed by atoms with Gasteiger partial charge in [0.15, 0.2) is 0 Å². The van der Waals surface area contributed by atoms with Gasteiger partial charge in [0.25, 0.3) is 0 Å². The van der Waals surface area contributed by atoms with E-state index in [1.165, 1.54) is 5.57 Å². The van der Waals surface area contributed by atoms with Crippen molar-refractivity contribution in [2.24, 2.45) is 0 Å². The summed E-state index contributed by atoms with van der Waals surface area (Å²) in [5.74, 6) is 1.34. The van der Waals surface area contributed by atoms with Gasteiger partial charge in [-0.15, -0.1) is 0 Å². The summed E-state index contributed by atoms with van der Waals surface area (Å²) in [6.45, 7) is 9.01. The van der Waals surface area contributed by atoms with Crippen LogP contribution in [0.3, 0.4) is 0 Å². The molecular formula is C13H19NO. The van der Waals surface area contributed by atoms with Crippen molar-refractivity contribution in [2.45, 2.75) is 33.6 Å². The van der Waals surface area contributed by atoms with Crippen molar-refractivity contribution < 1.29 is 4.74 Å². The Bertz CT molecular complexity index is 338. The van der Waals surface area contributed by atoms with Crippen LogP contribution in [0.1, 0.15) is 39.3 Å². The third-order valence-electron chi connectivity index (χ3n) is 2.09. The van der Waals surface area contributed by atoms with Gasteiger partial charge in [-0.1, -0.05) is 19.4 Å². The van der Waals surface area contributed by atoms with Crippen molar-refractivity contribution in [1.82, 2.24) is 4.98 Å². The number of hydrogen-bond acceptors (Lipinski definition) is 2. The van der Waals surface area contributed by atoms with E-state index < -0.39 is 0 Å². The first-order valence-corrected chi connectivity index (χ1v) is 5.31. The zero-order chi connectivity index (χ0) is 11.3. The molecule has 0 aliphatic heterocycles. The van der Waals surface area contributed by atoms with Crippen LogP contribution in [0.2, 0.25) is 0 Å². The second-order valence-electron chi connectivity index (χ2n) is 4.16. The summed E-state index contributed by atoms with van der Waals surface area (Å²) in [6, 6.07) is 3.90. The molecule has 82 valence electrons. The van der Waals surface area contributed by atoms with E-state index in [9.17, 15) is 0 Å². The molecule has 2 nitrogen and oxygen atoms in total. The molecule has 0 bridgehead atoms. The standard InChI is InChI=1S/C13H19NO/c1-10(2)6-8-15-12-5-7-14-13(9-12)11(3)4/h5-7,9,11H,8H2,1-4H3. The summed E-state index contributed by atoms with van der Waals surface area (Å²) in [4.78, 5) is 4.29. The van der Waals surface area contributed by atoms with E-state index >= 15 is 0 Å². The molecule has 0 unspecified atom stereocenters. The van der Waals surface area contributed by atoms with Gasteiger partial charge in [0, 0.05) is 18.0 Å². The lowest BCUT2D eigenvalue weighted by Crippen LogP contribution is -1.97. The normalized spacial score (nSPS) is 10.2. The third-order valence-corrected chi connectivity index (χ3v) is 2.09. The van der Waals surface area contributed by atoms with Crippen LogP contribution in [0.15, 0.2) is 30.0 Å². The van der Waals surface area contributed by atoms with Crippen molar-refractivity contribution in [1.29, 1.82) is 0 Å². The molecule has 0 aliphatic carbocycles. The minimum absolute atomic E-state index is 0.442. The highest BCUT2D eigenvalue weighted by Crippen LogP contribution is 2.17. The van der Waals surface area contributed by atoms with Crippen LogP contribution >= 0.6 is 0 Å². The van der Waals surface area contributed by atoms with Crippen molar-refractivity contribution in [3.05, 3.63) is 35.7 Å². The third kappa shape index (κ3) is 4.15. The summed E-state index contributed by atoms with van der Waals surface area (Å²) in [5.41, 5.74) is 2.35. The fourth-order valence-electron chi connectivity index (χ4n) is 1.14. The highest BCUT2D eigenvalue weighted by molar-refractivity contribution is 5.24. The van der Waals surface area contributed by atoms with Gasteiger partial charge in [-0.3, -0.25) is 4.98 Å². The summed E-state index contributed by atoms with van der Waals surface area (Å²) in [5, 5.41) is 0. The number of rotatable bonds is 4. The predicted molar refractivity (Wildman–Crippen MR) is 63.3 cm³/mol. The molecule has 1 heterocycles. The smallest absolute Gasteiger partial charge is 0.123 e. The van der Waals surface area contributed by atoms with Crippen LogP contribution in [0.5, 0.6) is 5.75 Å². The molecule has 0 aliphatic rings. The molecule has 0 amide bonds. The quantitative estimate of drug-likeness (QED) is 0.701. The van der Waals surface area contributed by atoms with Gasteiger partial charge in [-0.2, -0.15) is 0 Å². The van der Waals surface area contributed by atoms with Crippen molar-refractivity contribution in [3.8, 4) is 5.75 Å². The summed E-state index contributed by atoms with van der Waals surface area (Å²) in [7, 11) is 0. The highest BCUT2D eigenvalue weighted by atomic mass is 16.5. The average molecular weight is 205 g/mol. The van der Waals surface area contributed by atoms with E-state index in [1.54, 1.807) is 6.20 Å². The number of hydrogen-bond donors (Lipinski definition) is 0. The number of ether oxygens (including phenoxy) is 1. The molecule has 0 spiro atoms. The second kappa shape index (κ2) is 5.54. The van der Waals surface area contributed by atoms with Crippen molar-refractivity contribution in [3.63, 3.8) is 0 Å². The molecule has 0 saturated heterocycles. The maximum Gasteiger partial charge on any atom is 0.123 e. The first kappa shape index (κ1) is 11.8. The Balaban J connectivity index is 2.62. The maximum atomic E-state index is 5.59. The topological polar surface area (TPSA) is 22.1 Å². The van der Waals surface area contributed by atoms with E-state index in [-0.39, 0.29) is 0 Å². The van der Waals surface area contributed by atoms with Crippen LogP contribution in [0, 0.1) is 0 Å². The molecule has 0 atom stereocenters. The zero-order valence-electron chi connectivity index (χ0n) is 9.95. The minimum atomic E-state index is 0.442. The fourth-order valence-corrected chi connectivity index (χ4v) is 1.14. The van der Waals surface area contributed by atoms with Gasteiger partial charge in [-0.05, 0) is 31.9 Å². The van der Waals surface area contributed by atoms with E-state index in [4.69, 9.17) is 4.74 Å². The Labute approximate surface area is 92.0 Å². The van der Waals surface area contributed by atoms with Gasteiger partial charge in [-0.25, -0.2) is 0 Å². The molecule has 15 heavy (non-hydrogen) atoms. The second-order valence-corrected chi connectivity index (χ2v) is 4.16. The summed E-state index contributed by atoms with van der Waals surface area (Å²) < 4.78 is 5.59. The Morgan fingerprint density at radius 2 is 2.20 bits per heavy atom. The monoisotopic (exact) mass is 205 g/mol. The first-order valence-electron chi connectivity index (χ1n) is 5.31. The van der Waals surface area contributed by atoms with Gasteiger partial charge in [0.05, 0.1) is 0 Å². The molecule has 2 heteroatoms.